The van der Waals surface area contributed by atoms with Crippen LogP contribution in [0.1, 0.15) is 0 Å². The quantitative estimate of drug-likeness (QED) is 0.154. The molecule has 0 aliphatic carbocycles. The molecule has 0 atom stereocenters. The number of para-hydroxylation sites is 1. The van der Waals surface area contributed by atoms with Crippen molar-refractivity contribution >= 4 is 80.9 Å². The Morgan fingerprint density at radius 3 is 1.70 bits per heavy atom. The van der Waals surface area contributed by atoms with Crippen molar-refractivity contribution in [3.05, 3.63) is 212 Å². The SMILES string of the molecule is c1ccc(-c2ccc(N(c3ccc4sc5c6ccccc6ccc5c4c3)c3ccccc3-c3ccccc3-c3cc4ccccc4c4ccccc34)cc2)cc1. The Kier molecular flexibility index (Phi) is 7.75. The molecule has 10 aromatic carbocycles. The van der Waals surface area contributed by atoms with Crippen LogP contribution in [0.3, 0.4) is 0 Å². The van der Waals surface area contributed by atoms with E-state index in [1.165, 1.54) is 85.9 Å². The Balaban J connectivity index is 1.14. The molecule has 0 aliphatic rings. The Morgan fingerprint density at radius 1 is 0.304 bits per heavy atom. The lowest BCUT2D eigenvalue weighted by Gasteiger charge is -2.29. The fourth-order valence-electron chi connectivity index (χ4n) is 8.62. The van der Waals surface area contributed by atoms with Crippen LogP contribution in [0, 0.1) is 0 Å². The largest absolute Gasteiger partial charge is 0.310 e. The minimum atomic E-state index is 1.11. The molecule has 11 aromatic rings. The number of rotatable bonds is 6. The summed E-state index contributed by atoms with van der Waals surface area (Å²) in [5.41, 5.74) is 10.6. The van der Waals surface area contributed by atoms with Crippen LogP contribution in [-0.2, 0) is 0 Å². The van der Waals surface area contributed by atoms with Crippen molar-refractivity contribution in [1.29, 1.82) is 0 Å². The smallest absolute Gasteiger partial charge is 0.0540 e. The summed E-state index contributed by atoms with van der Waals surface area (Å²) in [6, 6.07) is 77.7. The zero-order valence-electron chi connectivity index (χ0n) is 30.6. The molecule has 0 fully saturated rings. The first-order chi connectivity index (χ1) is 27.8. The molecular formula is C54H35NS. The maximum absolute atomic E-state index is 2.45. The van der Waals surface area contributed by atoms with Gasteiger partial charge >= 0.3 is 0 Å². The molecule has 0 saturated heterocycles. The van der Waals surface area contributed by atoms with Gasteiger partial charge in [0.25, 0.3) is 0 Å². The number of nitrogens with zero attached hydrogens (tertiary/aromatic N) is 1. The monoisotopic (exact) mass is 729 g/mol. The van der Waals surface area contributed by atoms with Gasteiger partial charge in [0.05, 0.1) is 5.69 Å². The van der Waals surface area contributed by atoms with E-state index in [0.717, 1.165) is 17.1 Å². The van der Waals surface area contributed by atoms with Gasteiger partial charge in [0.2, 0.25) is 0 Å². The second-order valence-electron chi connectivity index (χ2n) is 14.4. The highest BCUT2D eigenvalue weighted by Gasteiger charge is 2.21. The lowest BCUT2D eigenvalue weighted by molar-refractivity contribution is 1.29. The van der Waals surface area contributed by atoms with Crippen LogP contribution < -0.4 is 4.90 Å². The van der Waals surface area contributed by atoms with Gasteiger partial charge in [0, 0.05) is 37.1 Å². The Hall–Kier alpha value is -7.00. The molecule has 0 bridgehead atoms. The van der Waals surface area contributed by atoms with E-state index in [9.17, 15) is 0 Å². The van der Waals surface area contributed by atoms with Crippen molar-refractivity contribution in [3.63, 3.8) is 0 Å². The minimum Gasteiger partial charge on any atom is -0.310 e. The molecule has 0 unspecified atom stereocenters. The number of hydrogen-bond donors (Lipinski definition) is 0. The normalized spacial score (nSPS) is 11.6. The van der Waals surface area contributed by atoms with Crippen LogP contribution in [0.4, 0.5) is 17.1 Å². The fourth-order valence-corrected chi connectivity index (χ4v) is 9.84. The molecule has 262 valence electrons. The summed E-state index contributed by atoms with van der Waals surface area (Å²) in [7, 11) is 0. The Morgan fingerprint density at radius 2 is 0.893 bits per heavy atom. The van der Waals surface area contributed by atoms with Crippen LogP contribution in [0.2, 0.25) is 0 Å². The molecule has 0 radical (unpaired) electrons. The summed E-state index contributed by atoms with van der Waals surface area (Å²) in [5, 5.41) is 10.2. The molecule has 0 aliphatic heterocycles. The molecular weight excluding hydrogens is 695 g/mol. The summed E-state index contributed by atoms with van der Waals surface area (Å²) in [4.78, 5) is 2.45. The van der Waals surface area contributed by atoms with E-state index in [1.807, 2.05) is 11.3 Å². The molecule has 0 amide bonds. The van der Waals surface area contributed by atoms with E-state index in [0.29, 0.717) is 0 Å². The third-order valence-electron chi connectivity index (χ3n) is 11.3. The molecule has 56 heavy (non-hydrogen) atoms. The third-order valence-corrected chi connectivity index (χ3v) is 12.5. The van der Waals surface area contributed by atoms with Gasteiger partial charge < -0.3 is 4.90 Å². The van der Waals surface area contributed by atoms with Crippen molar-refractivity contribution in [2.24, 2.45) is 0 Å². The van der Waals surface area contributed by atoms with Gasteiger partial charge in [0.1, 0.15) is 0 Å². The average molecular weight is 730 g/mol. The standard InChI is InChI=1S/C54H35NS/c1-2-14-36(15-3-1)37-26-29-40(30-27-37)55(41-31-33-53-51(35-41)49-32-28-38-16-4-7-19-43(38)54(49)56-53)52-25-13-12-24-48(52)45-21-9-11-23-47(45)50-34-39-17-5-6-18-42(39)44-20-8-10-22-46(44)50/h1-35H. The van der Waals surface area contributed by atoms with E-state index in [-0.39, 0.29) is 0 Å². The Bertz CT molecular complexity index is 3250. The predicted octanol–water partition coefficient (Wildman–Crippen LogP) is 16.0. The first-order valence-corrected chi connectivity index (χ1v) is 20.0. The van der Waals surface area contributed by atoms with Crippen LogP contribution in [-0.4, -0.2) is 0 Å². The van der Waals surface area contributed by atoms with Crippen LogP contribution in [0.25, 0.3) is 85.9 Å². The zero-order valence-corrected chi connectivity index (χ0v) is 31.4. The van der Waals surface area contributed by atoms with Gasteiger partial charge in [-0.3, -0.25) is 0 Å². The summed E-state index contributed by atoms with van der Waals surface area (Å²) < 4.78 is 2.63. The van der Waals surface area contributed by atoms with Crippen LogP contribution in [0.15, 0.2) is 212 Å². The van der Waals surface area contributed by atoms with Crippen LogP contribution >= 0.6 is 11.3 Å². The lowest BCUT2D eigenvalue weighted by Crippen LogP contribution is -2.11. The van der Waals surface area contributed by atoms with Gasteiger partial charge in [-0.05, 0) is 103 Å². The summed E-state index contributed by atoms with van der Waals surface area (Å²) in [6.45, 7) is 0. The van der Waals surface area contributed by atoms with E-state index in [1.54, 1.807) is 0 Å². The number of anilines is 3. The van der Waals surface area contributed by atoms with Crippen molar-refractivity contribution in [3.8, 4) is 33.4 Å². The summed E-state index contributed by atoms with van der Waals surface area (Å²) >= 11 is 1.89. The van der Waals surface area contributed by atoms with Gasteiger partial charge in [0.15, 0.2) is 0 Å². The van der Waals surface area contributed by atoms with E-state index < -0.39 is 0 Å². The van der Waals surface area contributed by atoms with Crippen LogP contribution in [0.5, 0.6) is 0 Å². The molecule has 0 saturated carbocycles. The van der Waals surface area contributed by atoms with Gasteiger partial charge in [-0.2, -0.15) is 0 Å². The van der Waals surface area contributed by atoms with Crippen molar-refractivity contribution in [2.75, 3.05) is 4.90 Å². The maximum Gasteiger partial charge on any atom is 0.0540 e. The molecule has 1 aromatic heterocycles. The van der Waals surface area contributed by atoms with Gasteiger partial charge in [-0.15, -0.1) is 11.3 Å². The van der Waals surface area contributed by atoms with Crippen molar-refractivity contribution in [1.82, 2.24) is 0 Å². The molecule has 2 heteroatoms. The first kappa shape index (κ1) is 32.4. The number of thiophene rings is 1. The van der Waals surface area contributed by atoms with E-state index >= 15 is 0 Å². The second-order valence-corrected chi connectivity index (χ2v) is 15.5. The molecule has 0 spiro atoms. The highest BCUT2D eigenvalue weighted by atomic mass is 32.1. The zero-order chi connectivity index (χ0) is 37.0. The fraction of sp³-hybridized carbons (Fsp3) is 0. The second kappa shape index (κ2) is 13.4. The van der Waals surface area contributed by atoms with E-state index in [2.05, 4.69) is 217 Å². The third kappa shape index (κ3) is 5.38. The number of benzene rings is 10. The average Bonchev–Trinajstić information content (AvgIpc) is 3.66. The topological polar surface area (TPSA) is 3.24 Å². The van der Waals surface area contributed by atoms with E-state index in [4.69, 9.17) is 0 Å². The molecule has 11 rings (SSSR count). The van der Waals surface area contributed by atoms with Gasteiger partial charge in [-0.1, -0.05) is 170 Å². The van der Waals surface area contributed by atoms with Crippen molar-refractivity contribution in [2.45, 2.75) is 0 Å². The Labute approximate surface area is 330 Å². The maximum atomic E-state index is 2.45. The number of hydrogen-bond acceptors (Lipinski definition) is 2. The number of fused-ring (bicyclic) bond motifs is 8. The first-order valence-electron chi connectivity index (χ1n) is 19.2. The highest BCUT2D eigenvalue weighted by Crippen LogP contribution is 2.47. The minimum absolute atomic E-state index is 1.11. The lowest BCUT2D eigenvalue weighted by atomic mass is 9.88. The summed E-state index contributed by atoms with van der Waals surface area (Å²) in [6.07, 6.45) is 0. The van der Waals surface area contributed by atoms with Gasteiger partial charge in [-0.25, -0.2) is 0 Å². The molecule has 1 nitrogen and oxygen atoms in total. The molecule has 0 N–H and O–H groups in total. The van der Waals surface area contributed by atoms with Crippen molar-refractivity contribution < 1.29 is 0 Å². The molecule has 1 heterocycles. The predicted molar refractivity (Wildman–Crippen MR) is 243 cm³/mol. The summed E-state index contributed by atoms with van der Waals surface area (Å²) in [5.74, 6) is 0. The highest BCUT2D eigenvalue weighted by molar-refractivity contribution is 7.26.